The Morgan fingerprint density at radius 2 is 1.95 bits per heavy atom. The van der Waals surface area contributed by atoms with Crippen LogP contribution in [-0.4, -0.2) is 19.5 Å². The van der Waals surface area contributed by atoms with E-state index in [1.807, 2.05) is 43.1 Å². The van der Waals surface area contributed by atoms with Gasteiger partial charge in [0, 0.05) is 19.2 Å². The maximum atomic E-state index is 13.1. The smallest absolute Gasteiger partial charge is 0.255 e. The van der Waals surface area contributed by atoms with Crippen LogP contribution in [0.5, 0.6) is 0 Å². The molecule has 0 aliphatic rings. The summed E-state index contributed by atoms with van der Waals surface area (Å²) in [6, 6.07) is 13.2. The summed E-state index contributed by atoms with van der Waals surface area (Å²) in [6.45, 7) is 2.86. The van der Waals surface area contributed by atoms with E-state index in [9.17, 15) is 9.18 Å². The molecule has 0 unspecified atom stereocenters. The van der Waals surface area contributed by atoms with Gasteiger partial charge in [0.05, 0.1) is 11.4 Å². The van der Waals surface area contributed by atoms with Crippen molar-refractivity contribution < 1.29 is 9.18 Å². The van der Waals surface area contributed by atoms with E-state index in [1.165, 1.54) is 18.2 Å². The third kappa shape index (κ3) is 3.15. The van der Waals surface area contributed by atoms with Gasteiger partial charge in [0.2, 0.25) is 0 Å². The molecule has 1 amide bonds. The summed E-state index contributed by atoms with van der Waals surface area (Å²) in [6.07, 6.45) is 0. The van der Waals surface area contributed by atoms with Gasteiger partial charge in [-0.1, -0.05) is 18.2 Å². The molecule has 0 heterocycles. The predicted molar refractivity (Wildman–Crippen MR) is 79.7 cm³/mol. The number of rotatable bonds is 4. The quantitative estimate of drug-likeness (QED) is 0.923. The number of nitrogens with one attached hydrogen (secondary N) is 1. The molecule has 1 N–H and O–H groups in total. The molecule has 2 aromatic rings. The molecule has 0 fully saturated rings. The van der Waals surface area contributed by atoms with Crippen molar-refractivity contribution in [2.45, 2.75) is 6.92 Å². The van der Waals surface area contributed by atoms with Gasteiger partial charge < -0.3 is 10.2 Å². The molecule has 2 rings (SSSR count). The topological polar surface area (TPSA) is 32.3 Å². The van der Waals surface area contributed by atoms with E-state index in [2.05, 4.69) is 5.32 Å². The number of anilines is 2. The molecule has 0 atom stereocenters. The lowest BCUT2D eigenvalue weighted by Gasteiger charge is -2.20. The number of nitrogens with zero attached hydrogens (tertiary/aromatic N) is 1. The molecule has 4 heteroatoms. The van der Waals surface area contributed by atoms with Gasteiger partial charge in [-0.05, 0) is 37.3 Å². The molecule has 0 bridgehead atoms. The van der Waals surface area contributed by atoms with Crippen LogP contribution < -0.4 is 10.2 Å². The molecule has 0 aliphatic carbocycles. The Hall–Kier alpha value is -2.36. The highest BCUT2D eigenvalue weighted by atomic mass is 19.1. The summed E-state index contributed by atoms with van der Waals surface area (Å²) in [5, 5.41) is 2.82. The normalized spacial score (nSPS) is 10.2. The van der Waals surface area contributed by atoms with Gasteiger partial charge in [-0.2, -0.15) is 0 Å². The largest absolute Gasteiger partial charge is 0.373 e. The third-order valence-corrected chi connectivity index (χ3v) is 3.12. The molecule has 0 spiro atoms. The summed E-state index contributed by atoms with van der Waals surface area (Å²) in [7, 11) is 1.95. The highest BCUT2D eigenvalue weighted by Gasteiger charge is 2.11. The van der Waals surface area contributed by atoms with Crippen molar-refractivity contribution in [3.8, 4) is 0 Å². The van der Waals surface area contributed by atoms with E-state index < -0.39 is 5.82 Å². The third-order valence-electron chi connectivity index (χ3n) is 3.12. The van der Waals surface area contributed by atoms with E-state index in [4.69, 9.17) is 0 Å². The van der Waals surface area contributed by atoms with Gasteiger partial charge in [-0.15, -0.1) is 0 Å². The fraction of sp³-hybridized carbons (Fsp3) is 0.188. The van der Waals surface area contributed by atoms with Crippen LogP contribution in [-0.2, 0) is 0 Å². The Bertz CT molecular complexity index is 613. The second kappa shape index (κ2) is 6.19. The Kier molecular flexibility index (Phi) is 4.35. The highest BCUT2D eigenvalue weighted by Crippen LogP contribution is 2.24. The first-order chi connectivity index (χ1) is 9.61. The number of hydrogen-bond donors (Lipinski definition) is 1. The summed E-state index contributed by atoms with van der Waals surface area (Å²) in [5.41, 5.74) is 1.95. The zero-order valence-corrected chi connectivity index (χ0v) is 11.6. The van der Waals surface area contributed by atoms with Crippen molar-refractivity contribution in [3.05, 3.63) is 59.9 Å². The van der Waals surface area contributed by atoms with Crippen LogP contribution in [0.1, 0.15) is 17.3 Å². The first-order valence-electron chi connectivity index (χ1n) is 6.49. The standard InChI is InChI=1S/C16H17FN2O/c1-3-19(2)15-10-5-4-9-14(15)18-16(20)12-7-6-8-13(17)11-12/h4-11H,3H2,1-2H3,(H,18,20). The van der Waals surface area contributed by atoms with Crippen LogP contribution in [0.25, 0.3) is 0 Å². The second-order valence-corrected chi connectivity index (χ2v) is 4.50. The van der Waals surface area contributed by atoms with E-state index in [1.54, 1.807) is 6.07 Å². The molecular formula is C16H17FN2O. The molecule has 0 aromatic heterocycles. The molecule has 0 saturated heterocycles. The van der Waals surface area contributed by atoms with E-state index in [-0.39, 0.29) is 5.91 Å². The van der Waals surface area contributed by atoms with Crippen molar-refractivity contribution in [1.82, 2.24) is 0 Å². The summed E-state index contributed by atoms with van der Waals surface area (Å²) in [5.74, 6) is -0.738. The van der Waals surface area contributed by atoms with Crippen LogP contribution in [0.4, 0.5) is 15.8 Å². The molecule has 104 valence electrons. The monoisotopic (exact) mass is 272 g/mol. The Morgan fingerprint density at radius 1 is 1.20 bits per heavy atom. The van der Waals surface area contributed by atoms with Crippen LogP contribution >= 0.6 is 0 Å². The molecule has 3 nitrogen and oxygen atoms in total. The Labute approximate surface area is 118 Å². The highest BCUT2D eigenvalue weighted by molar-refractivity contribution is 6.05. The van der Waals surface area contributed by atoms with Crippen LogP contribution in [0.15, 0.2) is 48.5 Å². The molecule has 0 radical (unpaired) electrons. The van der Waals surface area contributed by atoms with Gasteiger partial charge in [-0.3, -0.25) is 4.79 Å². The van der Waals surface area contributed by atoms with Crippen molar-refractivity contribution in [3.63, 3.8) is 0 Å². The molecule has 0 saturated carbocycles. The van der Waals surface area contributed by atoms with Crippen molar-refractivity contribution in [2.24, 2.45) is 0 Å². The molecule has 2 aromatic carbocycles. The van der Waals surface area contributed by atoms with Gasteiger partial charge in [0.1, 0.15) is 5.82 Å². The Balaban J connectivity index is 2.24. The van der Waals surface area contributed by atoms with E-state index in [0.29, 0.717) is 11.3 Å². The zero-order chi connectivity index (χ0) is 14.5. The van der Waals surface area contributed by atoms with Gasteiger partial charge >= 0.3 is 0 Å². The maximum Gasteiger partial charge on any atom is 0.255 e. The van der Waals surface area contributed by atoms with Crippen LogP contribution in [0, 0.1) is 5.82 Å². The maximum absolute atomic E-state index is 13.1. The molecular weight excluding hydrogens is 255 g/mol. The summed E-state index contributed by atoms with van der Waals surface area (Å²) >= 11 is 0. The number of carbonyl (C=O) groups excluding carboxylic acids is 1. The number of hydrogen-bond acceptors (Lipinski definition) is 2. The average Bonchev–Trinajstić information content (AvgIpc) is 2.47. The molecule has 20 heavy (non-hydrogen) atoms. The number of amides is 1. The van der Waals surface area contributed by atoms with Crippen molar-refractivity contribution in [1.29, 1.82) is 0 Å². The summed E-state index contributed by atoms with van der Waals surface area (Å²) in [4.78, 5) is 14.2. The molecule has 0 aliphatic heterocycles. The van der Waals surface area contributed by atoms with Gasteiger partial charge in [0.25, 0.3) is 5.91 Å². The lowest BCUT2D eigenvalue weighted by Crippen LogP contribution is -2.20. The van der Waals surface area contributed by atoms with Gasteiger partial charge in [-0.25, -0.2) is 4.39 Å². The number of halogens is 1. The summed E-state index contributed by atoms with van der Waals surface area (Å²) < 4.78 is 13.1. The predicted octanol–water partition coefficient (Wildman–Crippen LogP) is 3.53. The van der Waals surface area contributed by atoms with E-state index >= 15 is 0 Å². The number of carbonyl (C=O) groups is 1. The minimum absolute atomic E-state index is 0.305. The van der Waals surface area contributed by atoms with E-state index in [0.717, 1.165) is 12.2 Å². The number of para-hydroxylation sites is 2. The minimum atomic E-state index is -0.420. The van der Waals surface area contributed by atoms with Gasteiger partial charge in [0.15, 0.2) is 0 Å². The zero-order valence-electron chi connectivity index (χ0n) is 11.6. The van der Waals surface area contributed by atoms with Crippen molar-refractivity contribution >= 4 is 17.3 Å². The minimum Gasteiger partial charge on any atom is -0.373 e. The number of benzene rings is 2. The van der Waals surface area contributed by atoms with Crippen LogP contribution in [0.2, 0.25) is 0 Å². The van der Waals surface area contributed by atoms with Crippen molar-refractivity contribution in [2.75, 3.05) is 23.8 Å². The fourth-order valence-electron chi connectivity index (χ4n) is 1.91. The van der Waals surface area contributed by atoms with Crippen LogP contribution in [0.3, 0.4) is 0 Å². The first kappa shape index (κ1) is 14.1. The fourth-order valence-corrected chi connectivity index (χ4v) is 1.91. The Morgan fingerprint density at radius 3 is 2.65 bits per heavy atom. The first-order valence-corrected chi connectivity index (χ1v) is 6.49. The second-order valence-electron chi connectivity index (χ2n) is 4.50. The lowest BCUT2D eigenvalue weighted by atomic mass is 10.2. The SMILES string of the molecule is CCN(C)c1ccccc1NC(=O)c1cccc(F)c1. The average molecular weight is 272 g/mol. The lowest BCUT2D eigenvalue weighted by molar-refractivity contribution is 0.102.